The van der Waals surface area contributed by atoms with Crippen LogP contribution in [0.3, 0.4) is 0 Å². The van der Waals surface area contributed by atoms with E-state index in [4.69, 9.17) is 16.3 Å². The van der Waals surface area contributed by atoms with Crippen LogP contribution in [-0.2, 0) is 4.79 Å². The molecule has 2 aliphatic rings. The molecule has 22 heavy (non-hydrogen) atoms. The summed E-state index contributed by atoms with van der Waals surface area (Å²) >= 11 is 6.08. The standard InChI is InChI=1S/C18H21ClO3/c1-17(2)7-5-12(6-8-17)14-4-3-13(19)11-15(14)22-18(9-10-18)16(20)21/h3-5,11H,6-10H2,1-2H3,(H,20,21). The number of aliphatic carboxylic acids is 1. The summed E-state index contributed by atoms with van der Waals surface area (Å²) in [5.74, 6) is -0.296. The van der Waals surface area contributed by atoms with Gasteiger partial charge in [0.05, 0.1) is 0 Å². The summed E-state index contributed by atoms with van der Waals surface area (Å²) < 4.78 is 5.87. The highest BCUT2D eigenvalue weighted by molar-refractivity contribution is 6.30. The number of ether oxygens (including phenoxy) is 1. The van der Waals surface area contributed by atoms with E-state index in [2.05, 4.69) is 19.9 Å². The molecule has 0 aromatic heterocycles. The number of halogens is 1. The van der Waals surface area contributed by atoms with Gasteiger partial charge in [0.1, 0.15) is 5.75 Å². The van der Waals surface area contributed by atoms with Crippen molar-refractivity contribution in [1.82, 2.24) is 0 Å². The van der Waals surface area contributed by atoms with Crippen LogP contribution in [0.4, 0.5) is 0 Å². The molecule has 1 saturated carbocycles. The van der Waals surface area contributed by atoms with Crippen LogP contribution in [-0.4, -0.2) is 16.7 Å². The highest BCUT2D eigenvalue weighted by Gasteiger charge is 2.53. The fourth-order valence-corrected chi connectivity index (χ4v) is 3.01. The van der Waals surface area contributed by atoms with E-state index in [9.17, 15) is 9.90 Å². The molecule has 3 rings (SSSR count). The fourth-order valence-electron chi connectivity index (χ4n) is 2.85. The van der Waals surface area contributed by atoms with Crippen LogP contribution in [0.2, 0.25) is 5.02 Å². The maximum absolute atomic E-state index is 11.4. The minimum Gasteiger partial charge on any atom is -0.478 e. The topological polar surface area (TPSA) is 46.5 Å². The molecule has 0 atom stereocenters. The molecule has 0 unspecified atom stereocenters. The zero-order chi connectivity index (χ0) is 16.0. The van der Waals surface area contributed by atoms with Crippen LogP contribution in [0.1, 0.15) is 51.5 Å². The number of benzene rings is 1. The first kappa shape index (κ1) is 15.4. The highest BCUT2D eigenvalue weighted by Crippen LogP contribution is 2.45. The first-order valence-corrected chi connectivity index (χ1v) is 8.11. The van der Waals surface area contributed by atoms with E-state index in [1.54, 1.807) is 6.07 Å². The minimum atomic E-state index is -1.05. The first-order chi connectivity index (χ1) is 10.3. The van der Waals surface area contributed by atoms with Gasteiger partial charge in [0, 0.05) is 23.4 Å². The van der Waals surface area contributed by atoms with Gasteiger partial charge >= 0.3 is 5.97 Å². The zero-order valence-corrected chi connectivity index (χ0v) is 13.7. The van der Waals surface area contributed by atoms with Crippen LogP contribution in [0.15, 0.2) is 24.3 Å². The summed E-state index contributed by atoms with van der Waals surface area (Å²) in [6.07, 6.45) is 6.48. The number of hydrogen-bond donors (Lipinski definition) is 1. The van der Waals surface area contributed by atoms with E-state index in [0.29, 0.717) is 29.0 Å². The largest absolute Gasteiger partial charge is 0.478 e. The molecule has 1 aromatic carbocycles. The summed E-state index contributed by atoms with van der Waals surface area (Å²) in [5.41, 5.74) is 1.49. The van der Waals surface area contributed by atoms with Gasteiger partial charge in [-0.2, -0.15) is 0 Å². The molecule has 1 N–H and O–H groups in total. The Labute approximate surface area is 135 Å². The lowest BCUT2D eigenvalue weighted by atomic mass is 9.77. The van der Waals surface area contributed by atoms with Crippen molar-refractivity contribution in [3.8, 4) is 5.75 Å². The lowest BCUT2D eigenvalue weighted by Crippen LogP contribution is -2.29. The summed E-state index contributed by atoms with van der Waals surface area (Å²) in [6, 6.07) is 5.52. The van der Waals surface area contributed by atoms with E-state index in [1.165, 1.54) is 5.57 Å². The van der Waals surface area contributed by atoms with Crippen molar-refractivity contribution in [2.75, 3.05) is 0 Å². The van der Waals surface area contributed by atoms with Crippen LogP contribution >= 0.6 is 11.6 Å². The molecule has 0 amide bonds. The maximum Gasteiger partial charge on any atom is 0.348 e. The van der Waals surface area contributed by atoms with Crippen LogP contribution < -0.4 is 4.74 Å². The average Bonchev–Trinajstić information content (AvgIpc) is 3.21. The van der Waals surface area contributed by atoms with Crippen molar-refractivity contribution >= 4 is 23.1 Å². The molecule has 4 heteroatoms. The lowest BCUT2D eigenvalue weighted by molar-refractivity contribution is -0.147. The van der Waals surface area contributed by atoms with Gasteiger partial charge in [-0.05, 0) is 48.4 Å². The van der Waals surface area contributed by atoms with Gasteiger partial charge in [-0.1, -0.05) is 31.5 Å². The Hall–Kier alpha value is -1.48. The van der Waals surface area contributed by atoms with E-state index in [0.717, 1.165) is 24.8 Å². The lowest BCUT2D eigenvalue weighted by Gasteiger charge is -2.29. The molecule has 0 heterocycles. The van der Waals surface area contributed by atoms with Gasteiger partial charge in [-0.25, -0.2) is 4.79 Å². The van der Waals surface area contributed by atoms with Gasteiger partial charge in [-0.3, -0.25) is 0 Å². The summed E-state index contributed by atoms with van der Waals surface area (Å²) in [5, 5.41) is 9.90. The summed E-state index contributed by atoms with van der Waals surface area (Å²) in [6.45, 7) is 4.53. The molecule has 0 bridgehead atoms. The second-order valence-electron chi connectivity index (χ2n) is 7.14. The number of allylic oxidation sites excluding steroid dienone is 2. The number of carboxylic acid groups (broad SMARTS) is 1. The van der Waals surface area contributed by atoms with E-state index in [1.807, 2.05) is 12.1 Å². The molecule has 0 saturated heterocycles. The molecule has 2 aliphatic carbocycles. The Morgan fingerprint density at radius 3 is 2.55 bits per heavy atom. The van der Waals surface area contributed by atoms with E-state index < -0.39 is 11.6 Å². The normalized spacial score (nSPS) is 21.9. The van der Waals surface area contributed by atoms with Gasteiger partial charge in [0.25, 0.3) is 0 Å². The molecular formula is C18H21ClO3. The van der Waals surface area contributed by atoms with Crippen LogP contribution in [0.25, 0.3) is 5.57 Å². The highest BCUT2D eigenvalue weighted by atomic mass is 35.5. The van der Waals surface area contributed by atoms with E-state index in [-0.39, 0.29) is 0 Å². The van der Waals surface area contributed by atoms with Crippen molar-refractivity contribution < 1.29 is 14.6 Å². The Balaban J connectivity index is 1.92. The number of carbonyl (C=O) groups is 1. The number of rotatable bonds is 4. The average molecular weight is 321 g/mol. The fraction of sp³-hybridized carbons (Fsp3) is 0.500. The Kier molecular flexibility index (Phi) is 3.72. The van der Waals surface area contributed by atoms with Gasteiger partial charge in [0.15, 0.2) is 0 Å². The van der Waals surface area contributed by atoms with Crippen molar-refractivity contribution in [2.45, 2.75) is 51.6 Å². The Bertz CT molecular complexity index is 642. The third-order valence-electron chi connectivity index (χ3n) is 4.66. The van der Waals surface area contributed by atoms with Crippen molar-refractivity contribution in [2.24, 2.45) is 5.41 Å². The predicted octanol–water partition coefficient (Wildman–Crippen LogP) is 4.93. The molecular weight excluding hydrogens is 300 g/mol. The van der Waals surface area contributed by atoms with Crippen LogP contribution in [0.5, 0.6) is 5.75 Å². The third kappa shape index (κ3) is 3.00. The third-order valence-corrected chi connectivity index (χ3v) is 4.90. The van der Waals surface area contributed by atoms with Crippen molar-refractivity contribution in [1.29, 1.82) is 0 Å². The van der Waals surface area contributed by atoms with Gasteiger partial charge in [-0.15, -0.1) is 0 Å². The SMILES string of the molecule is CC1(C)CC=C(c2ccc(Cl)cc2OC2(C(=O)O)CC2)CC1. The molecule has 0 radical (unpaired) electrons. The second kappa shape index (κ2) is 5.31. The van der Waals surface area contributed by atoms with Crippen molar-refractivity contribution in [3.63, 3.8) is 0 Å². The quantitative estimate of drug-likeness (QED) is 0.855. The van der Waals surface area contributed by atoms with Gasteiger partial charge < -0.3 is 9.84 Å². The minimum absolute atomic E-state index is 0.329. The number of carboxylic acids is 1. The molecule has 0 aliphatic heterocycles. The Morgan fingerprint density at radius 2 is 2.00 bits per heavy atom. The summed E-state index contributed by atoms with van der Waals surface area (Å²) in [4.78, 5) is 11.4. The predicted molar refractivity (Wildman–Crippen MR) is 87.3 cm³/mol. The Morgan fingerprint density at radius 1 is 1.27 bits per heavy atom. The zero-order valence-electron chi connectivity index (χ0n) is 13.0. The number of hydrogen-bond acceptors (Lipinski definition) is 2. The second-order valence-corrected chi connectivity index (χ2v) is 7.58. The van der Waals surface area contributed by atoms with Crippen molar-refractivity contribution in [3.05, 3.63) is 34.9 Å². The molecule has 1 fully saturated rings. The van der Waals surface area contributed by atoms with E-state index >= 15 is 0 Å². The van der Waals surface area contributed by atoms with Gasteiger partial charge in [0.2, 0.25) is 5.60 Å². The maximum atomic E-state index is 11.4. The molecule has 3 nitrogen and oxygen atoms in total. The summed E-state index contributed by atoms with van der Waals surface area (Å²) in [7, 11) is 0. The molecule has 0 spiro atoms. The smallest absolute Gasteiger partial charge is 0.348 e. The van der Waals surface area contributed by atoms with Crippen LogP contribution in [0, 0.1) is 5.41 Å². The molecule has 118 valence electrons. The monoisotopic (exact) mass is 320 g/mol. The molecule has 1 aromatic rings. The first-order valence-electron chi connectivity index (χ1n) is 7.73.